The minimum atomic E-state index is 0.103. The van der Waals surface area contributed by atoms with Crippen LogP contribution in [0.5, 0.6) is 5.75 Å². The standard InChI is InChI=1S/C14H15ClN4O2/c1-16-14-6-13(7-14,8-14)12-19-18-11(21-12)5-20-10-2-9(15)3-17-4-10/h2-4,16H,5-8H2,1H3. The molecule has 0 spiro atoms. The third kappa shape index (κ3) is 2.01. The fraction of sp³-hybridized carbons (Fsp3) is 0.500. The van der Waals surface area contributed by atoms with Crippen LogP contribution in [0.4, 0.5) is 0 Å². The van der Waals surface area contributed by atoms with Crippen molar-refractivity contribution in [3.8, 4) is 5.75 Å². The predicted octanol–water partition coefficient (Wildman–Crippen LogP) is 2.09. The monoisotopic (exact) mass is 306 g/mol. The van der Waals surface area contributed by atoms with Crippen molar-refractivity contribution < 1.29 is 9.15 Å². The van der Waals surface area contributed by atoms with Crippen LogP contribution in [0.15, 0.2) is 22.9 Å². The maximum Gasteiger partial charge on any atom is 0.253 e. The minimum absolute atomic E-state index is 0.103. The lowest BCUT2D eigenvalue weighted by atomic mass is 9.39. The van der Waals surface area contributed by atoms with Crippen LogP contribution in [-0.2, 0) is 12.0 Å². The van der Waals surface area contributed by atoms with E-state index in [0.717, 1.165) is 25.2 Å². The molecule has 2 heterocycles. The smallest absolute Gasteiger partial charge is 0.253 e. The molecular weight excluding hydrogens is 292 g/mol. The lowest BCUT2D eigenvalue weighted by Gasteiger charge is -2.68. The Morgan fingerprint density at radius 1 is 1.33 bits per heavy atom. The molecule has 6 nitrogen and oxygen atoms in total. The van der Waals surface area contributed by atoms with Crippen molar-refractivity contribution >= 4 is 11.6 Å². The lowest BCUT2D eigenvalue weighted by Crippen LogP contribution is -2.75. The van der Waals surface area contributed by atoms with Crippen LogP contribution in [-0.4, -0.2) is 27.8 Å². The summed E-state index contributed by atoms with van der Waals surface area (Å²) in [5.41, 5.74) is 0.420. The zero-order valence-electron chi connectivity index (χ0n) is 11.6. The SMILES string of the molecule is CNC12CC(c3nnc(COc4cncc(Cl)c4)o3)(C1)C2. The summed E-state index contributed by atoms with van der Waals surface area (Å²) in [6, 6.07) is 1.70. The second-order valence-corrected chi connectivity index (χ2v) is 6.41. The van der Waals surface area contributed by atoms with Crippen LogP contribution in [0.25, 0.3) is 0 Å². The number of rotatable bonds is 5. The first kappa shape index (κ1) is 13.0. The normalized spacial score (nSPS) is 29.6. The number of nitrogens with one attached hydrogen (secondary N) is 1. The Hall–Kier alpha value is -1.66. The van der Waals surface area contributed by atoms with Crippen molar-refractivity contribution in [2.24, 2.45) is 0 Å². The molecule has 0 unspecified atom stereocenters. The Labute approximate surface area is 126 Å². The maximum atomic E-state index is 5.85. The van der Waals surface area contributed by atoms with E-state index in [9.17, 15) is 0 Å². The van der Waals surface area contributed by atoms with Crippen molar-refractivity contribution in [2.45, 2.75) is 36.8 Å². The van der Waals surface area contributed by atoms with Crippen LogP contribution < -0.4 is 10.1 Å². The molecule has 110 valence electrons. The van der Waals surface area contributed by atoms with E-state index < -0.39 is 0 Å². The van der Waals surface area contributed by atoms with Gasteiger partial charge in [-0.05, 0) is 26.3 Å². The largest absolute Gasteiger partial charge is 0.482 e. The predicted molar refractivity (Wildman–Crippen MR) is 75.2 cm³/mol. The van der Waals surface area contributed by atoms with E-state index >= 15 is 0 Å². The van der Waals surface area contributed by atoms with E-state index in [1.807, 2.05) is 7.05 Å². The van der Waals surface area contributed by atoms with Crippen LogP contribution in [0.2, 0.25) is 5.02 Å². The molecule has 5 rings (SSSR count). The van der Waals surface area contributed by atoms with Gasteiger partial charge >= 0.3 is 0 Å². The second kappa shape index (κ2) is 4.42. The molecule has 0 aliphatic heterocycles. The summed E-state index contributed by atoms with van der Waals surface area (Å²) in [5, 5.41) is 12.1. The number of ether oxygens (including phenoxy) is 1. The lowest BCUT2D eigenvalue weighted by molar-refractivity contribution is -0.0995. The molecule has 1 N–H and O–H groups in total. The number of halogens is 1. The minimum Gasteiger partial charge on any atom is -0.482 e. The topological polar surface area (TPSA) is 73.1 Å². The van der Waals surface area contributed by atoms with Crippen LogP contribution in [0, 0.1) is 0 Å². The van der Waals surface area contributed by atoms with E-state index in [1.165, 1.54) is 0 Å². The van der Waals surface area contributed by atoms with Gasteiger partial charge in [0.05, 0.1) is 16.6 Å². The first-order chi connectivity index (χ1) is 10.1. The van der Waals surface area contributed by atoms with Gasteiger partial charge in [0.15, 0.2) is 6.61 Å². The third-order valence-corrected chi connectivity index (χ3v) is 4.73. The molecule has 3 saturated carbocycles. The number of aromatic nitrogens is 3. The first-order valence-corrected chi connectivity index (χ1v) is 7.26. The van der Waals surface area contributed by atoms with Crippen LogP contribution in [0.1, 0.15) is 31.0 Å². The number of hydrogen-bond donors (Lipinski definition) is 1. The van der Waals surface area contributed by atoms with E-state index in [1.54, 1.807) is 18.5 Å². The van der Waals surface area contributed by atoms with Crippen LogP contribution in [0.3, 0.4) is 0 Å². The van der Waals surface area contributed by atoms with Crippen molar-refractivity contribution in [3.63, 3.8) is 0 Å². The molecule has 0 radical (unpaired) electrons. The summed E-state index contributed by atoms with van der Waals surface area (Å²) >= 11 is 5.85. The van der Waals surface area contributed by atoms with Gasteiger partial charge in [0, 0.05) is 17.8 Å². The first-order valence-electron chi connectivity index (χ1n) is 6.88. The van der Waals surface area contributed by atoms with Gasteiger partial charge in [-0.25, -0.2) is 0 Å². The van der Waals surface area contributed by atoms with Crippen LogP contribution >= 0.6 is 11.6 Å². The zero-order chi connectivity index (χ0) is 14.5. The van der Waals surface area contributed by atoms with Gasteiger partial charge in [-0.15, -0.1) is 10.2 Å². The van der Waals surface area contributed by atoms with Crippen molar-refractivity contribution in [2.75, 3.05) is 7.05 Å². The van der Waals surface area contributed by atoms with Crippen molar-refractivity contribution in [1.29, 1.82) is 0 Å². The number of nitrogens with zero attached hydrogens (tertiary/aromatic N) is 3. The molecule has 3 aliphatic rings. The molecule has 0 aromatic carbocycles. The molecule has 0 atom stereocenters. The number of hydrogen-bond acceptors (Lipinski definition) is 6. The highest BCUT2D eigenvalue weighted by Gasteiger charge is 2.70. The molecule has 3 fully saturated rings. The number of pyridine rings is 1. The molecule has 2 aromatic rings. The maximum absolute atomic E-state index is 5.85. The Balaban J connectivity index is 1.40. The molecular formula is C14H15ClN4O2. The summed E-state index contributed by atoms with van der Waals surface area (Å²) in [7, 11) is 2.01. The van der Waals surface area contributed by atoms with E-state index in [4.69, 9.17) is 20.8 Å². The molecule has 2 bridgehead atoms. The molecule has 3 aliphatic carbocycles. The highest BCUT2D eigenvalue weighted by molar-refractivity contribution is 6.30. The summed E-state index contributed by atoms with van der Waals surface area (Å²) in [6.07, 6.45) is 6.40. The Morgan fingerprint density at radius 3 is 2.86 bits per heavy atom. The van der Waals surface area contributed by atoms with Gasteiger partial charge in [-0.3, -0.25) is 4.98 Å². The Bertz CT molecular complexity index is 667. The van der Waals surface area contributed by atoms with Crippen molar-refractivity contribution in [3.05, 3.63) is 35.3 Å². The third-order valence-electron chi connectivity index (χ3n) is 4.52. The Morgan fingerprint density at radius 2 is 2.14 bits per heavy atom. The molecule has 0 saturated heterocycles. The molecule has 2 aromatic heterocycles. The van der Waals surface area contributed by atoms with Gasteiger partial charge in [0.1, 0.15) is 5.75 Å². The average molecular weight is 307 g/mol. The van der Waals surface area contributed by atoms with E-state index in [0.29, 0.717) is 22.2 Å². The fourth-order valence-corrected chi connectivity index (χ4v) is 3.59. The zero-order valence-corrected chi connectivity index (χ0v) is 12.4. The quantitative estimate of drug-likeness (QED) is 0.912. The Kier molecular flexibility index (Phi) is 2.74. The highest BCUT2D eigenvalue weighted by Crippen LogP contribution is 2.67. The highest BCUT2D eigenvalue weighted by atomic mass is 35.5. The van der Waals surface area contributed by atoms with Gasteiger partial charge in [-0.1, -0.05) is 11.6 Å². The van der Waals surface area contributed by atoms with Gasteiger partial charge < -0.3 is 14.5 Å². The second-order valence-electron chi connectivity index (χ2n) is 5.97. The van der Waals surface area contributed by atoms with Gasteiger partial charge in [0.25, 0.3) is 5.89 Å². The van der Waals surface area contributed by atoms with Crippen molar-refractivity contribution in [1.82, 2.24) is 20.5 Å². The average Bonchev–Trinajstić information content (AvgIpc) is 2.83. The van der Waals surface area contributed by atoms with E-state index in [-0.39, 0.29) is 12.0 Å². The van der Waals surface area contributed by atoms with Gasteiger partial charge in [-0.2, -0.15) is 0 Å². The summed E-state index contributed by atoms with van der Waals surface area (Å²) in [6.45, 7) is 0.224. The summed E-state index contributed by atoms with van der Waals surface area (Å²) in [4.78, 5) is 3.96. The molecule has 0 amide bonds. The molecule has 21 heavy (non-hydrogen) atoms. The van der Waals surface area contributed by atoms with E-state index in [2.05, 4.69) is 20.5 Å². The molecule has 7 heteroatoms. The summed E-state index contributed by atoms with van der Waals surface area (Å²) < 4.78 is 11.3. The summed E-state index contributed by atoms with van der Waals surface area (Å²) in [5.74, 6) is 1.80. The fourth-order valence-electron chi connectivity index (χ4n) is 3.42. The van der Waals surface area contributed by atoms with Gasteiger partial charge in [0.2, 0.25) is 5.89 Å².